The van der Waals surface area contributed by atoms with E-state index in [2.05, 4.69) is 0 Å². The lowest BCUT2D eigenvalue weighted by Crippen LogP contribution is -2.46. The van der Waals surface area contributed by atoms with Gasteiger partial charge in [0.15, 0.2) is 14.0 Å². The zero-order valence-electron chi connectivity index (χ0n) is 16.6. The fraction of sp³-hybridized carbons (Fsp3) is 0.882. The zero-order chi connectivity index (χ0) is 19.8. The van der Waals surface area contributed by atoms with Gasteiger partial charge >= 0.3 is 12.1 Å². The van der Waals surface area contributed by atoms with Gasteiger partial charge in [0.05, 0.1) is 13.2 Å². The molecule has 1 aliphatic heterocycles. The van der Waals surface area contributed by atoms with Crippen LogP contribution in [-0.2, 0) is 14.0 Å². The van der Waals surface area contributed by atoms with Gasteiger partial charge in [-0.25, -0.2) is 14.0 Å². The van der Waals surface area contributed by atoms with E-state index in [1.165, 1.54) is 0 Å². The van der Waals surface area contributed by atoms with Crippen LogP contribution in [0, 0.1) is 0 Å². The van der Waals surface area contributed by atoms with Crippen molar-refractivity contribution in [2.45, 2.75) is 83.4 Å². The van der Waals surface area contributed by atoms with Gasteiger partial charge in [-0.1, -0.05) is 20.8 Å². The van der Waals surface area contributed by atoms with E-state index in [4.69, 9.17) is 9.16 Å². The van der Waals surface area contributed by atoms with Gasteiger partial charge in [-0.15, -0.1) is 0 Å². The Hall–Kier alpha value is -1.15. The Morgan fingerprint density at radius 2 is 1.76 bits per heavy atom. The van der Waals surface area contributed by atoms with Gasteiger partial charge in [-0.05, 0) is 38.9 Å². The van der Waals surface area contributed by atoms with Crippen LogP contribution in [0.2, 0.25) is 18.1 Å². The summed E-state index contributed by atoms with van der Waals surface area (Å²) in [5, 5.41) is 9.29. The third-order valence-electron chi connectivity index (χ3n) is 4.80. The molecule has 1 rings (SSSR count). The Balaban J connectivity index is 2.90. The summed E-state index contributed by atoms with van der Waals surface area (Å²) in [6.45, 7) is 14.6. The first-order chi connectivity index (χ1) is 11.0. The van der Waals surface area contributed by atoms with E-state index < -0.39 is 37.7 Å². The van der Waals surface area contributed by atoms with Crippen molar-refractivity contribution in [3.8, 4) is 0 Å². The van der Waals surface area contributed by atoms with E-state index in [0.29, 0.717) is 0 Å². The summed E-state index contributed by atoms with van der Waals surface area (Å²) < 4.78 is 26.4. The van der Waals surface area contributed by atoms with Gasteiger partial charge in [0.2, 0.25) is 0 Å². The standard InChI is InChI=1S/C17H32FNO5Si/c1-15(2,3)24-14(22)19-10-17(18,9-12(19)13(20)21)11-23-25(7,8)16(4,5)6/h12H,9-11H2,1-8H3,(H,20,21). The van der Waals surface area contributed by atoms with Crippen LogP contribution in [0.3, 0.4) is 0 Å². The predicted molar refractivity (Wildman–Crippen MR) is 96.0 cm³/mol. The van der Waals surface area contributed by atoms with Crippen LogP contribution < -0.4 is 0 Å². The van der Waals surface area contributed by atoms with Crippen molar-refractivity contribution in [3.05, 3.63) is 0 Å². The number of carbonyl (C=O) groups is 2. The first-order valence-corrected chi connectivity index (χ1v) is 11.4. The van der Waals surface area contributed by atoms with Crippen LogP contribution in [0.4, 0.5) is 9.18 Å². The molecule has 0 aromatic carbocycles. The summed E-state index contributed by atoms with van der Waals surface area (Å²) in [5.74, 6) is -1.24. The molecular formula is C17H32FNO5Si. The van der Waals surface area contributed by atoms with E-state index >= 15 is 4.39 Å². The number of alkyl halides is 1. The average molecular weight is 378 g/mol. The van der Waals surface area contributed by atoms with Gasteiger partial charge in [0, 0.05) is 6.42 Å². The normalized spacial score (nSPS) is 25.2. The van der Waals surface area contributed by atoms with Crippen LogP contribution in [0.1, 0.15) is 48.0 Å². The third-order valence-corrected chi connectivity index (χ3v) is 9.28. The summed E-state index contributed by atoms with van der Waals surface area (Å²) in [4.78, 5) is 24.7. The number of carbonyl (C=O) groups excluding carboxylic acids is 1. The highest BCUT2D eigenvalue weighted by atomic mass is 28.4. The van der Waals surface area contributed by atoms with E-state index in [9.17, 15) is 14.7 Å². The van der Waals surface area contributed by atoms with E-state index in [1.54, 1.807) is 20.8 Å². The van der Waals surface area contributed by atoms with Crippen LogP contribution in [0.5, 0.6) is 0 Å². The molecule has 0 spiro atoms. The Bertz CT molecular complexity index is 526. The van der Waals surface area contributed by atoms with Crippen molar-refractivity contribution in [3.63, 3.8) is 0 Å². The molecular weight excluding hydrogens is 345 g/mol. The number of carboxylic acids is 1. The minimum Gasteiger partial charge on any atom is -0.480 e. The van der Waals surface area contributed by atoms with E-state index in [1.807, 2.05) is 33.9 Å². The van der Waals surface area contributed by atoms with Crippen molar-refractivity contribution >= 4 is 20.4 Å². The molecule has 0 radical (unpaired) electrons. The lowest BCUT2D eigenvalue weighted by atomic mass is 10.0. The number of hydrogen-bond acceptors (Lipinski definition) is 4. The number of aliphatic carboxylic acids is 1. The molecule has 0 aliphatic carbocycles. The lowest BCUT2D eigenvalue weighted by Gasteiger charge is -2.37. The molecule has 2 atom stereocenters. The highest BCUT2D eigenvalue weighted by molar-refractivity contribution is 6.74. The molecule has 1 fully saturated rings. The van der Waals surface area contributed by atoms with Crippen LogP contribution in [0.25, 0.3) is 0 Å². The Kier molecular flexibility index (Phi) is 6.01. The second-order valence-corrected chi connectivity index (χ2v) is 14.2. The molecule has 0 saturated carbocycles. The first kappa shape index (κ1) is 21.9. The molecule has 1 N–H and O–H groups in total. The monoisotopic (exact) mass is 377 g/mol. The second kappa shape index (κ2) is 6.87. The fourth-order valence-electron chi connectivity index (χ4n) is 2.30. The zero-order valence-corrected chi connectivity index (χ0v) is 17.6. The first-order valence-electron chi connectivity index (χ1n) is 8.53. The maximum absolute atomic E-state index is 15.3. The fourth-order valence-corrected chi connectivity index (χ4v) is 3.35. The van der Waals surface area contributed by atoms with Crippen LogP contribution >= 0.6 is 0 Å². The summed E-state index contributed by atoms with van der Waals surface area (Å²) in [6, 6.07) is -1.25. The summed E-state index contributed by atoms with van der Waals surface area (Å²) in [5.41, 5.74) is -2.67. The number of rotatable bonds is 4. The lowest BCUT2D eigenvalue weighted by molar-refractivity contribution is -0.142. The summed E-state index contributed by atoms with van der Waals surface area (Å²) in [6.07, 6.45) is -1.11. The molecule has 2 unspecified atom stereocenters. The molecule has 25 heavy (non-hydrogen) atoms. The molecule has 1 heterocycles. The van der Waals surface area contributed by atoms with Crippen molar-refractivity contribution in [2.24, 2.45) is 0 Å². The topological polar surface area (TPSA) is 76.1 Å². The predicted octanol–water partition coefficient (Wildman–Crippen LogP) is 3.81. The molecule has 1 saturated heterocycles. The highest BCUT2D eigenvalue weighted by Gasteiger charge is 2.52. The van der Waals surface area contributed by atoms with Gasteiger partial charge < -0.3 is 14.3 Å². The quantitative estimate of drug-likeness (QED) is 0.754. The molecule has 1 amide bonds. The number of halogens is 1. The molecule has 146 valence electrons. The molecule has 8 heteroatoms. The van der Waals surface area contributed by atoms with Crippen molar-refractivity contribution < 1.29 is 28.2 Å². The third kappa shape index (κ3) is 5.67. The van der Waals surface area contributed by atoms with Gasteiger partial charge in [0.1, 0.15) is 11.6 Å². The number of ether oxygens (including phenoxy) is 1. The van der Waals surface area contributed by atoms with Crippen molar-refractivity contribution in [1.82, 2.24) is 4.90 Å². The van der Waals surface area contributed by atoms with Crippen LogP contribution in [-0.4, -0.2) is 60.8 Å². The Morgan fingerprint density at radius 3 is 2.16 bits per heavy atom. The molecule has 0 aromatic rings. The number of hydrogen-bond donors (Lipinski definition) is 1. The van der Waals surface area contributed by atoms with Gasteiger partial charge in [-0.2, -0.15) is 0 Å². The minimum absolute atomic E-state index is 0.0843. The smallest absolute Gasteiger partial charge is 0.411 e. The second-order valence-electron chi connectivity index (χ2n) is 9.37. The minimum atomic E-state index is -2.18. The highest BCUT2D eigenvalue weighted by Crippen LogP contribution is 2.39. The summed E-state index contributed by atoms with van der Waals surface area (Å²) >= 11 is 0. The van der Waals surface area contributed by atoms with Crippen LogP contribution in [0.15, 0.2) is 0 Å². The van der Waals surface area contributed by atoms with Gasteiger partial charge in [-0.3, -0.25) is 4.90 Å². The van der Waals surface area contributed by atoms with Crippen molar-refractivity contribution in [1.29, 1.82) is 0 Å². The maximum atomic E-state index is 15.3. The average Bonchev–Trinajstić information content (AvgIpc) is 2.73. The molecule has 1 aliphatic rings. The summed E-state index contributed by atoms with van der Waals surface area (Å²) in [7, 11) is -2.18. The van der Waals surface area contributed by atoms with E-state index in [0.717, 1.165) is 4.90 Å². The Morgan fingerprint density at radius 1 is 1.24 bits per heavy atom. The Labute approximate surface area is 150 Å². The maximum Gasteiger partial charge on any atom is 0.411 e. The van der Waals surface area contributed by atoms with Gasteiger partial charge in [0.25, 0.3) is 0 Å². The number of nitrogens with zero attached hydrogens (tertiary/aromatic N) is 1. The van der Waals surface area contributed by atoms with Crippen molar-refractivity contribution in [2.75, 3.05) is 13.2 Å². The number of carboxylic acid groups (broad SMARTS) is 1. The molecule has 0 bridgehead atoms. The molecule has 0 aromatic heterocycles. The van der Waals surface area contributed by atoms with E-state index in [-0.39, 0.29) is 24.6 Å². The number of amides is 1. The number of likely N-dealkylation sites (tertiary alicyclic amines) is 1. The molecule has 6 nitrogen and oxygen atoms in total. The largest absolute Gasteiger partial charge is 0.480 e. The SMILES string of the molecule is CC(C)(C)OC(=O)N1CC(F)(CO[Si](C)(C)C(C)(C)C)CC1C(=O)O.